The zero-order chi connectivity index (χ0) is 13.9. The standard InChI is InChI=1S/C13H19BrN2O2S/c14-12-4-1-5-13(9-12)19(17,18)16-8-2-3-11(10-16)6-7-15/h1,4-5,9,11H,2-3,6-8,10,15H2. The predicted octanol–water partition coefficient (Wildman–Crippen LogP) is 2.20. The molecule has 1 saturated heterocycles. The molecule has 1 heterocycles. The van der Waals surface area contributed by atoms with Crippen LogP contribution in [0.2, 0.25) is 0 Å². The fourth-order valence-corrected chi connectivity index (χ4v) is 4.64. The first-order chi connectivity index (χ1) is 9.04. The van der Waals surface area contributed by atoms with Gasteiger partial charge in [0.15, 0.2) is 0 Å². The molecular formula is C13H19BrN2O2S. The number of halogens is 1. The number of rotatable bonds is 4. The van der Waals surface area contributed by atoms with Crippen LogP contribution in [0.25, 0.3) is 0 Å². The van der Waals surface area contributed by atoms with Gasteiger partial charge in [-0.25, -0.2) is 8.42 Å². The van der Waals surface area contributed by atoms with Crippen molar-refractivity contribution in [2.75, 3.05) is 19.6 Å². The highest BCUT2D eigenvalue weighted by Crippen LogP contribution is 2.26. The zero-order valence-corrected chi connectivity index (χ0v) is 13.2. The SMILES string of the molecule is NCCC1CCCN(S(=O)(=O)c2cccc(Br)c2)C1. The van der Waals surface area contributed by atoms with Crippen molar-refractivity contribution in [1.29, 1.82) is 0 Å². The molecule has 1 unspecified atom stereocenters. The van der Waals surface area contributed by atoms with E-state index in [-0.39, 0.29) is 0 Å². The summed E-state index contributed by atoms with van der Waals surface area (Å²) in [5, 5.41) is 0. The summed E-state index contributed by atoms with van der Waals surface area (Å²) in [6.45, 7) is 1.82. The molecule has 0 aliphatic carbocycles. The summed E-state index contributed by atoms with van der Waals surface area (Å²) in [6.07, 6.45) is 2.88. The number of hydrogen-bond acceptors (Lipinski definition) is 3. The van der Waals surface area contributed by atoms with Gasteiger partial charge >= 0.3 is 0 Å². The zero-order valence-electron chi connectivity index (χ0n) is 10.8. The van der Waals surface area contributed by atoms with E-state index in [1.807, 2.05) is 6.07 Å². The summed E-state index contributed by atoms with van der Waals surface area (Å²) in [7, 11) is -3.37. The minimum atomic E-state index is -3.37. The first kappa shape index (κ1) is 15.0. The van der Waals surface area contributed by atoms with Crippen molar-refractivity contribution in [3.8, 4) is 0 Å². The first-order valence-corrected chi connectivity index (χ1v) is 8.73. The van der Waals surface area contributed by atoms with Gasteiger partial charge in [-0.15, -0.1) is 0 Å². The summed E-state index contributed by atoms with van der Waals surface area (Å²) >= 11 is 3.32. The first-order valence-electron chi connectivity index (χ1n) is 6.50. The van der Waals surface area contributed by atoms with Crippen LogP contribution >= 0.6 is 15.9 Å². The smallest absolute Gasteiger partial charge is 0.243 e. The molecule has 0 radical (unpaired) electrons. The van der Waals surface area contributed by atoms with Gasteiger partial charge in [0.25, 0.3) is 0 Å². The Kier molecular flexibility index (Phi) is 5.00. The van der Waals surface area contributed by atoms with Gasteiger partial charge in [-0.05, 0) is 49.9 Å². The maximum atomic E-state index is 12.6. The number of nitrogens with two attached hydrogens (primary N) is 1. The third-order valence-electron chi connectivity index (χ3n) is 3.49. The fraction of sp³-hybridized carbons (Fsp3) is 0.538. The highest BCUT2D eigenvalue weighted by atomic mass is 79.9. The lowest BCUT2D eigenvalue weighted by Gasteiger charge is -2.31. The molecular weight excluding hydrogens is 328 g/mol. The van der Waals surface area contributed by atoms with Gasteiger partial charge < -0.3 is 5.73 Å². The van der Waals surface area contributed by atoms with Gasteiger partial charge in [0, 0.05) is 17.6 Å². The maximum absolute atomic E-state index is 12.6. The lowest BCUT2D eigenvalue weighted by atomic mass is 9.96. The van der Waals surface area contributed by atoms with E-state index < -0.39 is 10.0 Å². The van der Waals surface area contributed by atoms with Gasteiger partial charge in [-0.3, -0.25) is 0 Å². The molecule has 1 aromatic carbocycles. The molecule has 0 bridgehead atoms. The molecule has 0 aromatic heterocycles. The molecule has 1 aliphatic heterocycles. The van der Waals surface area contributed by atoms with E-state index in [1.54, 1.807) is 22.5 Å². The largest absolute Gasteiger partial charge is 0.330 e. The topological polar surface area (TPSA) is 63.4 Å². The lowest BCUT2D eigenvalue weighted by Crippen LogP contribution is -2.40. The quantitative estimate of drug-likeness (QED) is 0.908. The van der Waals surface area contributed by atoms with Gasteiger partial charge in [0.05, 0.1) is 4.90 Å². The van der Waals surface area contributed by atoms with Crippen molar-refractivity contribution in [3.05, 3.63) is 28.7 Å². The average Bonchev–Trinajstić information content (AvgIpc) is 2.39. The van der Waals surface area contributed by atoms with Crippen LogP contribution in [0.15, 0.2) is 33.6 Å². The van der Waals surface area contributed by atoms with Crippen molar-refractivity contribution >= 4 is 26.0 Å². The fourth-order valence-electron chi connectivity index (χ4n) is 2.49. The Hall–Kier alpha value is -0.430. The highest BCUT2D eigenvalue weighted by Gasteiger charge is 2.29. The van der Waals surface area contributed by atoms with Crippen molar-refractivity contribution in [1.82, 2.24) is 4.31 Å². The Labute approximate surface area is 123 Å². The van der Waals surface area contributed by atoms with Crippen LogP contribution in [0.5, 0.6) is 0 Å². The number of nitrogens with zero attached hydrogens (tertiary/aromatic N) is 1. The molecule has 106 valence electrons. The number of sulfonamides is 1. The second-order valence-electron chi connectivity index (χ2n) is 4.91. The van der Waals surface area contributed by atoms with Crippen LogP contribution in [0.1, 0.15) is 19.3 Å². The van der Waals surface area contributed by atoms with E-state index in [4.69, 9.17) is 5.73 Å². The Balaban J connectivity index is 2.19. The second-order valence-corrected chi connectivity index (χ2v) is 7.76. The third-order valence-corrected chi connectivity index (χ3v) is 5.84. The van der Waals surface area contributed by atoms with Crippen molar-refractivity contribution in [2.24, 2.45) is 11.7 Å². The summed E-state index contributed by atoms with van der Waals surface area (Å²) < 4.78 is 27.5. The summed E-state index contributed by atoms with van der Waals surface area (Å²) in [4.78, 5) is 0.357. The van der Waals surface area contributed by atoms with Gasteiger partial charge in [-0.2, -0.15) is 4.31 Å². The van der Waals surface area contributed by atoms with Gasteiger partial charge in [-0.1, -0.05) is 22.0 Å². The van der Waals surface area contributed by atoms with Crippen LogP contribution in [-0.4, -0.2) is 32.4 Å². The van der Waals surface area contributed by atoms with Crippen LogP contribution in [0.3, 0.4) is 0 Å². The Morgan fingerprint density at radius 3 is 2.89 bits per heavy atom. The normalized spacial score (nSPS) is 21.5. The molecule has 4 nitrogen and oxygen atoms in total. The van der Waals surface area contributed by atoms with E-state index in [0.717, 1.165) is 23.7 Å². The van der Waals surface area contributed by atoms with E-state index in [2.05, 4.69) is 15.9 Å². The van der Waals surface area contributed by atoms with Crippen LogP contribution in [0.4, 0.5) is 0 Å². The van der Waals surface area contributed by atoms with Gasteiger partial charge in [0.1, 0.15) is 0 Å². The minimum absolute atomic E-state index is 0.357. The molecule has 1 aliphatic rings. The Bertz CT molecular complexity index is 531. The minimum Gasteiger partial charge on any atom is -0.330 e. The Morgan fingerprint density at radius 1 is 1.42 bits per heavy atom. The molecule has 6 heteroatoms. The molecule has 19 heavy (non-hydrogen) atoms. The Morgan fingerprint density at radius 2 is 2.21 bits per heavy atom. The monoisotopic (exact) mass is 346 g/mol. The molecule has 1 atom stereocenters. The molecule has 1 aromatic rings. The molecule has 1 fully saturated rings. The summed E-state index contributed by atoms with van der Waals surface area (Å²) in [5.41, 5.74) is 5.57. The lowest BCUT2D eigenvalue weighted by molar-refractivity contribution is 0.258. The number of piperidine rings is 1. The molecule has 0 spiro atoms. The number of benzene rings is 1. The predicted molar refractivity (Wildman–Crippen MR) is 79.3 cm³/mol. The van der Waals surface area contributed by atoms with E-state index in [9.17, 15) is 8.42 Å². The van der Waals surface area contributed by atoms with E-state index in [1.165, 1.54) is 0 Å². The van der Waals surface area contributed by atoms with Crippen LogP contribution in [0, 0.1) is 5.92 Å². The van der Waals surface area contributed by atoms with Crippen molar-refractivity contribution in [3.63, 3.8) is 0 Å². The molecule has 2 N–H and O–H groups in total. The molecule has 0 saturated carbocycles. The summed E-state index contributed by atoms with van der Waals surface area (Å²) in [5.74, 6) is 0.390. The van der Waals surface area contributed by atoms with E-state index >= 15 is 0 Å². The molecule has 0 amide bonds. The second kappa shape index (κ2) is 6.35. The number of hydrogen-bond donors (Lipinski definition) is 1. The van der Waals surface area contributed by atoms with Crippen LogP contribution < -0.4 is 5.73 Å². The maximum Gasteiger partial charge on any atom is 0.243 e. The average molecular weight is 347 g/mol. The van der Waals surface area contributed by atoms with E-state index in [0.29, 0.717) is 30.4 Å². The van der Waals surface area contributed by atoms with Crippen molar-refractivity contribution < 1.29 is 8.42 Å². The van der Waals surface area contributed by atoms with Crippen LogP contribution in [-0.2, 0) is 10.0 Å². The summed E-state index contributed by atoms with van der Waals surface area (Å²) in [6, 6.07) is 6.87. The van der Waals surface area contributed by atoms with Gasteiger partial charge in [0.2, 0.25) is 10.0 Å². The highest BCUT2D eigenvalue weighted by molar-refractivity contribution is 9.10. The van der Waals surface area contributed by atoms with Crippen molar-refractivity contribution in [2.45, 2.75) is 24.2 Å². The third kappa shape index (κ3) is 3.56. The molecule has 2 rings (SSSR count).